The van der Waals surface area contributed by atoms with E-state index in [0.717, 1.165) is 12.0 Å². The fraction of sp³-hybridized carbons (Fsp3) is 0.417. The van der Waals surface area contributed by atoms with Gasteiger partial charge in [0, 0.05) is 0 Å². The van der Waals surface area contributed by atoms with Crippen molar-refractivity contribution in [2.75, 3.05) is 0 Å². The van der Waals surface area contributed by atoms with Gasteiger partial charge in [0.05, 0.1) is 0 Å². The van der Waals surface area contributed by atoms with Gasteiger partial charge in [-0.1, -0.05) is 38.3 Å². The monoisotopic (exact) mass is 179 g/mol. The molecule has 0 spiro atoms. The Hall–Kier alpha value is -0.850. The largest absolute Gasteiger partial charge is 0.207 e. The summed E-state index contributed by atoms with van der Waals surface area (Å²) in [4.78, 5) is 0. The molecule has 1 radical (unpaired) electrons. The zero-order valence-corrected chi connectivity index (χ0v) is 8.09. The SMILES string of the molecule is CCCCC[CH]c1ccc(F)cc1. The molecular formula is C12H16F. The summed E-state index contributed by atoms with van der Waals surface area (Å²) in [5.74, 6) is -0.161. The normalized spacial score (nSPS) is 10.3. The first-order valence-electron chi connectivity index (χ1n) is 4.91. The highest BCUT2D eigenvalue weighted by Gasteiger charge is 1.94. The number of hydrogen-bond donors (Lipinski definition) is 0. The van der Waals surface area contributed by atoms with E-state index in [2.05, 4.69) is 13.3 Å². The van der Waals surface area contributed by atoms with Gasteiger partial charge < -0.3 is 0 Å². The third-order valence-electron chi connectivity index (χ3n) is 2.06. The summed E-state index contributed by atoms with van der Waals surface area (Å²) in [7, 11) is 0. The van der Waals surface area contributed by atoms with Crippen LogP contribution in [0.1, 0.15) is 38.2 Å². The highest BCUT2D eigenvalue weighted by molar-refractivity contribution is 5.22. The minimum absolute atomic E-state index is 0.161. The minimum atomic E-state index is -0.161. The molecule has 1 rings (SSSR count). The molecule has 0 bridgehead atoms. The zero-order valence-electron chi connectivity index (χ0n) is 8.09. The fourth-order valence-corrected chi connectivity index (χ4v) is 1.26. The number of hydrogen-bond acceptors (Lipinski definition) is 0. The van der Waals surface area contributed by atoms with Gasteiger partial charge in [0.2, 0.25) is 0 Å². The summed E-state index contributed by atoms with van der Waals surface area (Å²) in [6.07, 6.45) is 7.01. The minimum Gasteiger partial charge on any atom is -0.207 e. The van der Waals surface area contributed by atoms with Gasteiger partial charge in [-0.3, -0.25) is 0 Å². The molecule has 13 heavy (non-hydrogen) atoms. The van der Waals surface area contributed by atoms with E-state index in [1.54, 1.807) is 0 Å². The van der Waals surface area contributed by atoms with E-state index < -0.39 is 0 Å². The second kappa shape index (κ2) is 5.74. The van der Waals surface area contributed by atoms with Crippen LogP contribution in [0.25, 0.3) is 0 Å². The maximum Gasteiger partial charge on any atom is 0.123 e. The van der Waals surface area contributed by atoms with Crippen molar-refractivity contribution in [2.45, 2.75) is 32.6 Å². The van der Waals surface area contributed by atoms with Crippen molar-refractivity contribution in [3.8, 4) is 0 Å². The maximum atomic E-state index is 12.5. The summed E-state index contributed by atoms with van der Waals surface area (Å²) in [5, 5.41) is 0. The van der Waals surface area contributed by atoms with Gasteiger partial charge in [-0.05, 0) is 30.5 Å². The van der Waals surface area contributed by atoms with Crippen molar-refractivity contribution in [3.05, 3.63) is 42.1 Å². The molecule has 1 aromatic rings. The van der Waals surface area contributed by atoms with Gasteiger partial charge in [0.15, 0.2) is 0 Å². The Balaban J connectivity index is 2.25. The van der Waals surface area contributed by atoms with Crippen molar-refractivity contribution >= 4 is 0 Å². The van der Waals surface area contributed by atoms with Gasteiger partial charge in [0.1, 0.15) is 5.82 Å². The predicted octanol–water partition coefficient (Wildman–Crippen LogP) is 3.96. The molecule has 0 aliphatic rings. The average molecular weight is 179 g/mol. The van der Waals surface area contributed by atoms with E-state index >= 15 is 0 Å². The molecule has 1 heteroatoms. The molecule has 0 saturated carbocycles. The van der Waals surface area contributed by atoms with E-state index in [9.17, 15) is 4.39 Å². The molecule has 0 amide bonds. The van der Waals surface area contributed by atoms with E-state index in [1.807, 2.05) is 12.1 Å². The lowest BCUT2D eigenvalue weighted by Gasteiger charge is -1.99. The number of benzene rings is 1. The van der Waals surface area contributed by atoms with Gasteiger partial charge >= 0.3 is 0 Å². The van der Waals surface area contributed by atoms with Crippen LogP contribution < -0.4 is 0 Å². The van der Waals surface area contributed by atoms with Gasteiger partial charge in [-0.15, -0.1) is 0 Å². The summed E-state index contributed by atoms with van der Waals surface area (Å²) >= 11 is 0. The third kappa shape index (κ3) is 4.07. The zero-order chi connectivity index (χ0) is 9.52. The molecule has 0 N–H and O–H groups in total. The average Bonchev–Trinajstić information content (AvgIpc) is 2.15. The highest BCUT2D eigenvalue weighted by Crippen LogP contribution is 2.10. The van der Waals surface area contributed by atoms with Crippen molar-refractivity contribution in [1.29, 1.82) is 0 Å². The van der Waals surface area contributed by atoms with Gasteiger partial charge in [-0.25, -0.2) is 4.39 Å². The summed E-state index contributed by atoms with van der Waals surface area (Å²) in [6, 6.07) is 6.65. The Labute approximate surface area is 79.8 Å². The van der Waals surface area contributed by atoms with Crippen molar-refractivity contribution < 1.29 is 4.39 Å². The van der Waals surface area contributed by atoms with Crippen LogP contribution in [0.2, 0.25) is 0 Å². The van der Waals surface area contributed by atoms with E-state index in [4.69, 9.17) is 0 Å². The van der Waals surface area contributed by atoms with Crippen LogP contribution in [0, 0.1) is 12.2 Å². The second-order valence-electron chi connectivity index (χ2n) is 3.25. The van der Waals surface area contributed by atoms with Gasteiger partial charge in [-0.2, -0.15) is 0 Å². The number of unbranched alkanes of at least 4 members (excludes halogenated alkanes) is 3. The van der Waals surface area contributed by atoms with E-state index in [1.165, 1.54) is 31.4 Å². The molecule has 0 fully saturated rings. The van der Waals surface area contributed by atoms with E-state index in [0.29, 0.717) is 0 Å². The van der Waals surface area contributed by atoms with Crippen LogP contribution in [0.4, 0.5) is 4.39 Å². The van der Waals surface area contributed by atoms with Crippen LogP contribution >= 0.6 is 0 Å². The first kappa shape index (κ1) is 10.2. The summed E-state index contributed by atoms with van der Waals surface area (Å²) < 4.78 is 12.5. The first-order valence-corrected chi connectivity index (χ1v) is 4.91. The molecule has 0 atom stereocenters. The molecule has 0 unspecified atom stereocenters. The molecular weight excluding hydrogens is 163 g/mol. The fourth-order valence-electron chi connectivity index (χ4n) is 1.26. The Bertz CT molecular complexity index is 225. The predicted molar refractivity (Wildman–Crippen MR) is 53.9 cm³/mol. The van der Waals surface area contributed by atoms with Crippen LogP contribution in [0.15, 0.2) is 24.3 Å². The molecule has 0 aromatic heterocycles. The van der Waals surface area contributed by atoms with E-state index in [-0.39, 0.29) is 5.82 Å². The molecule has 0 nitrogen and oxygen atoms in total. The van der Waals surface area contributed by atoms with Crippen molar-refractivity contribution in [3.63, 3.8) is 0 Å². The maximum absolute atomic E-state index is 12.5. The van der Waals surface area contributed by atoms with Crippen LogP contribution in [0.5, 0.6) is 0 Å². The molecule has 71 valence electrons. The lowest BCUT2D eigenvalue weighted by molar-refractivity contribution is 0.627. The second-order valence-corrected chi connectivity index (χ2v) is 3.25. The van der Waals surface area contributed by atoms with Gasteiger partial charge in [0.25, 0.3) is 0 Å². The molecule has 0 aliphatic heterocycles. The number of rotatable bonds is 5. The molecule has 0 aliphatic carbocycles. The Kier molecular flexibility index (Phi) is 4.52. The van der Waals surface area contributed by atoms with Crippen molar-refractivity contribution in [2.24, 2.45) is 0 Å². The standard InChI is InChI=1S/C12H16F/c1-2-3-4-5-6-11-7-9-12(13)10-8-11/h6-10H,2-5H2,1H3. The summed E-state index contributed by atoms with van der Waals surface area (Å²) in [6.45, 7) is 2.19. The molecule has 0 saturated heterocycles. The number of halogens is 1. The molecule has 0 heterocycles. The summed E-state index contributed by atoms with van der Waals surface area (Å²) in [5.41, 5.74) is 1.12. The van der Waals surface area contributed by atoms with Crippen LogP contribution in [-0.4, -0.2) is 0 Å². The highest BCUT2D eigenvalue weighted by atomic mass is 19.1. The Morgan fingerprint density at radius 3 is 2.46 bits per heavy atom. The molecule has 1 aromatic carbocycles. The lowest BCUT2D eigenvalue weighted by atomic mass is 10.1. The van der Waals surface area contributed by atoms with Crippen LogP contribution in [0.3, 0.4) is 0 Å². The smallest absolute Gasteiger partial charge is 0.123 e. The first-order chi connectivity index (χ1) is 6.33. The Morgan fingerprint density at radius 1 is 1.15 bits per heavy atom. The quantitative estimate of drug-likeness (QED) is 0.600. The van der Waals surface area contributed by atoms with Crippen LogP contribution in [-0.2, 0) is 0 Å². The Morgan fingerprint density at radius 2 is 1.85 bits per heavy atom. The third-order valence-corrected chi connectivity index (χ3v) is 2.06. The van der Waals surface area contributed by atoms with Crippen molar-refractivity contribution in [1.82, 2.24) is 0 Å². The lowest BCUT2D eigenvalue weighted by Crippen LogP contribution is -1.83. The topological polar surface area (TPSA) is 0 Å².